The van der Waals surface area contributed by atoms with Gasteiger partial charge in [0.05, 0.1) is 44.5 Å². The van der Waals surface area contributed by atoms with Gasteiger partial charge < -0.3 is 26.9 Å². The van der Waals surface area contributed by atoms with Gasteiger partial charge in [-0.15, -0.1) is 0 Å². The number of hydrogen-bond acceptors (Lipinski definition) is 2. The maximum atomic E-state index is 13.8. The molecule has 1 fully saturated rings. The first-order valence-corrected chi connectivity index (χ1v) is 11.7. The molecule has 1 N–H and O–H groups in total. The van der Waals surface area contributed by atoms with Gasteiger partial charge in [-0.2, -0.15) is 13.2 Å². The number of carbonyl (C=O) groups is 1. The van der Waals surface area contributed by atoms with Crippen LogP contribution in [-0.2, 0) is 17.5 Å². The third-order valence-electron chi connectivity index (χ3n) is 6.66. The fraction of sp³-hybridized carbons (Fsp3) is 0.321. The average molecular weight is 519 g/mol. The summed E-state index contributed by atoms with van der Waals surface area (Å²) in [6, 6.07) is 20.3. The molecule has 3 aromatic rings. The first-order valence-electron chi connectivity index (χ1n) is 11.7. The van der Waals surface area contributed by atoms with Crippen LogP contribution < -0.4 is 17.7 Å². The van der Waals surface area contributed by atoms with Crippen LogP contribution in [0.3, 0.4) is 0 Å². The Morgan fingerprint density at radius 1 is 0.944 bits per heavy atom. The summed E-state index contributed by atoms with van der Waals surface area (Å²) in [5.41, 5.74) is 1.000. The Morgan fingerprint density at radius 3 is 2.19 bits per heavy atom. The minimum Gasteiger partial charge on any atom is -1.00 e. The maximum absolute atomic E-state index is 13.8. The molecule has 1 aliphatic heterocycles. The van der Waals surface area contributed by atoms with E-state index in [1.165, 1.54) is 6.07 Å². The van der Waals surface area contributed by atoms with E-state index in [9.17, 15) is 18.0 Å². The molecule has 192 valence electrons. The molecular formula is C28H30ClF3N2O2. The second kappa shape index (κ2) is 11.5. The van der Waals surface area contributed by atoms with E-state index < -0.39 is 17.6 Å². The van der Waals surface area contributed by atoms with Crippen molar-refractivity contribution in [3.8, 4) is 11.1 Å². The molecule has 0 radical (unpaired) electrons. The number of anilines is 1. The topological polar surface area (TPSA) is 38.3 Å². The van der Waals surface area contributed by atoms with Crippen LogP contribution in [0.2, 0.25) is 0 Å². The van der Waals surface area contributed by atoms with Crippen LogP contribution in [-0.4, -0.2) is 43.7 Å². The molecule has 36 heavy (non-hydrogen) atoms. The molecule has 1 amide bonds. The monoisotopic (exact) mass is 518 g/mol. The number of nitrogens with zero attached hydrogens (tertiary/aromatic N) is 1. The van der Waals surface area contributed by atoms with Crippen LogP contribution in [0.1, 0.15) is 34.3 Å². The Labute approximate surface area is 216 Å². The summed E-state index contributed by atoms with van der Waals surface area (Å²) >= 11 is 0. The molecule has 0 atom stereocenters. The highest BCUT2D eigenvalue weighted by Gasteiger charge is 2.36. The molecule has 8 heteroatoms. The van der Waals surface area contributed by atoms with Gasteiger partial charge in [-0.05, 0) is 29.3 Å². The highest BCUT2D eigenvalue weighted by Crippen LogP contribution is 2.37. The molecule has 1 saturated heterocycles. The van der Waals surface area contributed by atoms with Crippen molar-refractivity contribution in [1.82, 2.24) is 0 Å². The normalized spacial score (nSPS) is 14.7. The van der Waals surface area contributed by atoms with Crippen molar-refractivity contribution in [2.24, 2.45) is 0 Å². The number of hydrogen-bond donors (Lipinski definition) is 1. The minimum atomic E-state index is -4.66. The lowest BCUT2D eigenvalue weighted by molar-refractivity contribution is -0.929. The van der Waals surface area contributed by atoms with Gasteiger partial charge in [-0.3, -0.25) is 4.79 Å². The zero-order chi connectivity index (χ0) is 25.1. The SMILES string of the molecule is C[N+](C)(Cc1ccc(NC(=O)c2c(-c3ccccc3)cccc2C(F)(F)F)cc1)C1CCOCC1.[Cl-]. The number of rotatable bonds is 6. The van der Waals surface area contributed by atoms with E-state index in [0.29, 0.717) is 17.3 Å². The highest BCUT2D eigenvalue weighted by molar-refractivity contribution is 6.10. The van der Waals surface area contributed by atoms with Gasteiger partial charge in [0.15, 0.2) is 0 Å². The predicted octanol–water partition coefficient (Wildman–Crippen LogP) is 3.38. The first-order chi connectivity index (χ1) is 16.6. The van der Waals surface area contributed by atoms with Gasteiger partial charge >= 0.3 is 6.18 Å². The smallest absolute Gasteiger partial charge is 0.417 e. The molecule has 0 spiro atoms. The van der Waals surface area contributed by atoms with E-state index in [1.807, 2.05) is 12.1 Å². The lowest BCUT2D eigenvalue weighted by Gasteiger charge is -2.40. The molecule has 4 nitrogen and oxygen atoms in total. The predicted molar refractivity (Wildman–Crippen MR) is 131 cm³/mol. The van der Waals surface area contributed by atoms with Crippen LogP contribution in [0.5, 0.6) is 0 Å². The molecule has 0 aromatic heterocycles. The quantitative estimate of drug-likeness (QED) is 0.508. The average Bonchev–Trinajstić information content (AvgIpc) is 2.85. The zero-order valence-electron chi connectivity index (χ0n) is 20.3. The van der Waals surface area contributed by atoms with Gasteiger partial charge in [0.2, 0.25) is 0 Å². The van der Waals surface area contributed by atoms with Crippen molar-refractivity contribution >= 4 is 11.6 Å². The second-order valence-electron chi connectivity index (χ2n) is 9.52. The Hall–Kier alpha value is -2.87. The molecule has 0 bridgehead atoms. The van der Waals surface area contributed by atoms with Gasteiger partial charge in [-0.1, -0.05) is 54.6 Å². The van der Waals surface area contributed by atoms with E-state index in [0.717, 1.165) is 48.7 Å². The molecule has 0 unspecified atom stereocenters. The summed E-state index contributed by atoms with van der Waals surface area (Å²) in [6.07, 6.45) is -2.62. The van der Waals surface area contributed by atoms with E-state index in [4.69, 9.17) is 4.74 Å². The van der Waals surface area contributed by atoms with Crippen LogP contribution in [0.25, 0.3) is 11.1 Å². The lowest BCUT2D eigenvalue weighted by Crippen LogP contribution is -3.00. The summed E-state index contributed by atoms with van der Waals surface area (Å²) in [7, 11) is 4.40. The zero-order valence-corrected chi connectivity index (χ0v) is 21.1. The molecule has 0 aliphatic carbocycles. The fourth-order valence-corrected chi connectivity index (χ4v) is 4.76. The van der Waals surface area contributed by atoms with Gasteiger partial charge in [0.1, 0.15) is 6.54 Å². The van der Waals surface area contributed by atoms with Crippen molar-refractivity contribution < 1.29 is 39.6 Å². The van der Waals surface area contributed by atoms with Gasteiger partial charge in [0.25, 0.3) is 5.91 Å². The number of benzene rings is 3. The molecule has 4 rings (SSSR count). The Bertz CT molecular complexity index is 1160. The molecule has 0 saturated carbocycles. The third kappa shape index (κ3) is 6.46. The first kappa shape index (κ1) is 27.7. The van der Waals surface area contributed by atoms with Gasteiger partial charge in [0, 0.05) is 24.1 Å². The summed E-state index contributed by atoms with van der Waals surface area (Å²) in [5, 5.41) is 2.67. The Kier molecular flexibility index (Phi) is 8.82. The summed E-state index contributed by atoms with van der Waals surface area (Å²) < 4.78 is 47.8. The van der Waals surface area contributed by atoms with Crippen molar-refractivity contribution in [2.75, 3.05) is 32.6 Å². The Balaban J connectivity index is 0.00000361. The molecular weight excluding hydrogens is 489 g/mol. The highest BCUT2D eigenvalue weighted by atomic mass is 35.5. The number of nitrogens with one attached hydrogen (secondary N) is 1. The number of alkyl halides is 3. The second-order valence-corrected chi connectivity index (χ2v) is 9.52. The van der Waals surface area contributed by atoms with Crippen molar-refractivity contribution in [3.05, 3.63) is 89.5 Å². The number of ether oxygens (including phenoxy) is 1. The molecule has 1 heterocycles. The standard InChI is InChI=1S/C28H29F3N2O2.ClH/c1-33(2,23-15-17-35-18-16-23)19-20-11-13-22(14-12-20)32-27(34)26-24(21-7-4-3-5-8-21)9-6-10-25(26)28(29,30)31;/h3-14,23H,15-19H2,1-2H3;1H. The minimum absolute atomic E-state index is 0. The van der Waals surface area contributed by atoms with E-state index >= 15 is 0 Å². The van der Waals surface area contributed by atoms with Crippen molar-refractivity contribution in [3.63, 3.8) is 0 Å². The fourth-order valence-electron chi connectivity index (χ4n) is 4.76. The summed E-state index contributed by atoms with van der Waals surface area (Å²) in [6.45, 7) is 2.37. The number of halogens is 4. The van der Waals surface area contributed by atoms with Crippen LogP contribution >= 0.6 is 0 Å². The van der Waals surface area contributed by atoms with E-state index in [-0.39, 0.29) is 23.5 Å². The third-order valence-corrected chi connectivity index (χ3v) is 6.66. The number of amides is 1. The summed E-state index contributed by atoms with van der Waals surface area (Å²) in [4.78, 5) is 13.2. The maximum Gasteiger partial charge on any atom is 0.417 e. The molecule has 1 aliphatic rings. The number of quaternary nitrogens is 1. The van der Waals surface area contributed by atoms with Crippen LogP contribution in [0.4, 0.5) is 18.9 Å². The van der Waals surface area contributed by atoms with Crippen molar-refractivity contribution in [1.29, 1.82) is 0 Å². The van der Waals surface area contributed by atoms with Gasteiger partial charge in [-0.25, -0.2) is 0 Å². The van der Waals surface area contributed by atoms with Crippen molar-refractivity contribution in [2.45, 2.75) is 31.6 Å². The lowest BCUT2D eigenvalue weighted by atomic mass is 9.94. The van der Waals surface area contributed by atoms with E-state index in [1.54, 1.807) is 48.5 Å². The Morgan fingerprint density at radius 2 is 1.58 bits per heavy atom. The van der Waals surface area contributed by atoms with E-state index in [2.05, 4.69) is 19.4 Å². The summed E-state index contributed by atoms with van der Waals surface area (Å²) in [5.74, 6) is -0.789. The van der Waals surface area contributed by atoms with Crippen LogP contribution in [0.15, 0.2) is 72.8 Å². The number of carbonyl (C=O) groups excluding carboxylic acids is 1. The molecule has 3 aromatic carbocycles. The van der Waals surface area contributed by atoms with Crippen LogP contribution in [0, 0.1) is 0 Å². The largest absolute Gasteiger partial charge is 1.00 e.